The Morgan fingerprint density at radius 1 is 1.15 bits per heavy atom. The number of aromatic nitrogens is 1. The first-order valence-electron chi connectivity index (χ1n) is 7.33. The van der Waals surface area contributed by atoms with Crippen LogP contribution in [0.5, 0.6) is 0 Å². The lowest BCUT2D eigenvalue weighted by Crippen LogP contribution is -2.46. The highest BCUT2D eigenvalue weighted by molar-refractivity contribution is 5.80. The lowest BCUT2D eigenvalue weighted by molar-refractivity contribution is 0.246. The van der Waals surface area contributed by atoms with Crippen LogP contribution in [0, 0.1) is 0 Å². The van der Waals surface area contributed by atoms with Crippen LogP contribution in [-0.4, -0.2) is 56.2 Å². The molecule has 3 rings (SSSR count). The molecule has 0 saturated carbocycles. The van der Waals surface area contributed by atoms with E-state index in [1.165, 1.54) is 5.39 Å². The molecule has 1 fully saturated rings. The number of para-hydroxylation sites is 1. The van der Waals surface area contributed by atoms with Gasteiger partial charge in [-0.2, -0.15) is 0 Å². The fourth-order valence-electron chi connectivity index (χ4n) is 2.61. The Kier molecular flexibility index (Phi) is 4.14. The third kappa shape index (κ3) is 3.08. The molecule has 0 atom stereocenters. The number of piperazine rings is 1. The van der Waals surface area contributed by atoms with E-state index in [2.05, 4.69) is 52.5 Å². The fourth-order valence-corrected chi connectivity index (χ4v) is 2.61. The van der Waals surface area contributed by atoms with Crippen LogP contribution in [0.1, 0.15) is 0 Å². The first kappa shape index (κ1) is 13.3. The molecule has 2 aromatic rings. The molecule has 106 valence electrons. The topological polar surface area (TPSA) is 31.4 Å². The molecule has 2 heterocycles. The number of benzene rings is 1. The average Bonchev–Trinajstić information content (AvgIpc) is 2.53. The van der Waals surface area contributed by atoms with E-state index in [-0.39, 0.29) is 0 Å². The molecule has 4 heteroatoms. The molecular formula is C16H22N4. The van der Waals surface area contributed by atoms with Crippen LogP contribution in [0.15, 0.2) is 36.4 Å². The summed E-state index contributed by atoms with van der Waals surface area (Å²) in [5.41, 5.74) is 1.07. The number of likely N-dealkylation sites (N-methyl/N-ethyl adjacent to an activating group) is 1. The fraction of sp³-hybridized carbons (Fsp3) is 0.438. The molecular weight excluding hydrogens is 248 g/mol. The maximum atomic E-state index is 4.73. The van der Waals surface area contributed by atoms with Crippen molar-refractivity contribution in [3.8, 4) is 0 Å². The molecule has 0 aliphatic carbocycles. The van der Waals surface area contributed by atoms with Gasteiger partial charge in [-0.25, -0.2) is 4.98 Å². The monoisotopic (exact) mass is 270 g/mol. The Bertz CT molecular complexity index is 563. The van der Waals surface area contributed by atoms with E-state index >= 15 is 0 Å². The third-order valence-corrected chi connectivity index (χ3v) is 3.94. The van der Waals surface area contributed by atoms with Crippen molar-refractivity contribution in [2.75, 3.05) is 51.2 Å². The van der Waals surface area contributed by atoms with Gasteiger partial charge in [0.25, 0.3) is 0 Å². The van der Waals surface area contributed by atoms with Gasteiger partial charge < -0.3 is 10.2 Å². The van der Waals surface area contributed by atoms with Gasteiger partial charge in [-0.3, -0.25) is 4.90 Å². The number of fused-ring (bicyclic) bond motifs is 1. The minimum atomic E-state index is 1.02. The molecule has 0 unspecified atom stereocenters. The largest absolute Gasteiger partial charge is 0.358 e. The van der Waals surface area contributed by atoms with Crippen LogP contribution in [0.3, 0.4) is 0 Å². The van der Waals surface area contributed by atoms with Crippen LogP contribution >= 0.6 is 0 Å². The van der Waals surface area contributed by atoms with Gasteiger partial charge in [0.05, 0.1) is 5.52 Å². The molecule has 1 N–H and O–H groups in total. The standard InChI is InChI=1S/C16H22N4/c1-19(12-13-20-10-8-17-9-11-20)16-7-6-14-4-2-3-5-15(14)18-16/h2-7,17H,8-13H2,1H3. The zero-order chi connectivity index (χ0) is 13.8. The van der Waals surface area contributed by atoms with Crippen LogP contribution in [0.2, 0.25) is 0 Å². The van der Waals surface area contributed by atoms with Crippen molar-refractivity contribution in [2.45, 2.75) is 0 Å². The zero-order valence-electron chi connectivity index (χ0n) is 12.0. The maximum Gasteiger partial charge on any atom is 0.129 e. The van der Waals surface area contributed by atoms with E-state index in [1.54, 1.807) is 0 Å². The molecule has 0 amide bonds. The predicted octanol–water partition coefficient (Wildman–Crippen LogP) is 1.58. The van der Waals surface area contributed by atoms with Gasteiger partial charge in [0.2, 0.25) is 0 Å². The van der Waals surface area contributed by atoms with E-state index in [4.69, 9.17) is 4.98 Å². The molecule has 20 heavy (non-hydrogen) atoms. The number of pyridine rings is 1. The van der Waals surface area contributed by atoms with Crippen LogP contribution in [0.4, 0.5) is 5.82 Å². The second-order valence-corrected chi connectivity index (χ2v) is 5.38. The van der Waals surface area contributed by atoms with Gasteiger partial charge in [-0.05, 0) is 18.2 Å². The summed E-state index contributed by atoms with van der Waals surface area (Å²) in [6, 6.07) is 12.5. The van der Waals surface area contributed by atoms with Gasteiger partial charge in [0.1, 0.15) is 5.82 Å². The Labute approximate surface area is 120 Å². The quantitative estimate of drug-likeness (QED) is 0.914. The lowest BCUT2D eigenvalue weighted by Gasteiger charge is -2.29. The van der Waals surface area contributed by atoms with Gasteiger partial charge >= 0.3 is 0 Å². The van der Waals surface area contributed by atoms with E-state index in [9.17, 15) is 0 Å². The number of anilines is 1. The summed E-state index contributed by atoms with van der Waals surface area (Å²) in [6.07, 6.45) is 0. The highest BCUT2D eigenvalue weighted by atomic mass is 15.2. The van der Waals surface area contributed by atoms with Crippen molar-refractivity contribution in [1.82, 2.24) is 15.2 Å². The normalized spacial score (nSPS) is 16.4. The molecule has 1 aliphatic heterocycles. The van der Waals surface area contributed by atoms with Gasteiger partial charge in [-0.1, -0.05) is 18.2 Å². The van der Waals surface area contributed by atoms with Crippen molar-refractivity contribution in [1.29, 1.82) is 0 Å². The number of rotatable bonds is 4. The Hall–Kier alpha value is -1.65. The van der Waals surface area contributed by atoms with Crippen LogP contribution < -0.4 is 10.2 Å². The minimum absolute atomic E-state index is 1.02. The Morgan fingerprint density at radius 2 is 1.95 bits per heavy atom. The number of hydrogen-bond acceptors (Lipinski definition) is 4. The van der Waals surface area contributed by atoms with Crippen molar-refractivity contribution in [2.24, 2.45) is 0 Å². The molecule has 0 radical (unpaired) electrons. The number of hydrogen-bond donors (Lipinski definition) is 1. The first-order valence-corrected chi connectivity index (χ1v) is 7.33. The van der Waals surface area contributed by atoms with Crippen molar-refractivity contribution in [3.05, 3.63) is 36.4 Å². The molecule has 1 aromatic carbocycles. The Morgan fingerprint density at radius 3 is 2.80 bits per heavy atom. The van der Waals surface area contributed by atoms with Gasteiger partial charge in [0.15, 0.2) is 0 Å². The molecule has 1 saturated heterocycles. The predicted molar refractivity (Wildman–Crippen MR) is 84.3 cm³/mol. The summed E-state index contributed by atoms with van der Waals surface area (Å²) in [6.45, 7) is 6.64. The van der Waals surface area contributed by atoms with Crippen molar-refractivity contribution >= 4 is 16.7 Å². The highest BCUT2D eigenvalue weighted by Gasteiger charge is 2.10. The summed E-state index contributed by atoms with van der Waals surface area (Å²) < 4.78 is 0. The summed E-state index contributed by atoms with van der Waals surface area (Å²) >= 11 is 0. The van der Waals surface area contributed by atoms with Crippen LogP contribution in [0.25, 0.3) is 10.9 Å². The molecule has 1 aromatic heterocycles. The van der Waals surface area contributed by atoms with E-state index in [0.717, 1.165) is 50.6 Å². The van der Waals surface area contributed by atoms with E-state index in [1.807, 2.05) is 6.07 Å². The smallest absolute Gasteiger partial charge is 0.129 e. The van der Waals surface area contributed by atoms with E-state index < -0.39 is 0 Å². The lowest BCUT2D eigenvalue weighted by atomic mass is 10.2. The third-order valence-electron chi connectivity index (χ3n) is 3.94. The van der Waals surface area contributed by atoms with E-state index in [0.29, 0.717) is 0 Å². The van der Waals surface area contributed by atoms with Crippen molar-refractivity contribution in [3.63, 3.8) is 0 Å². The average molecular weight is 270 g/mol. The summed E-state index contributed by atoms with van der Waals surface area (Å²) in [5.74, 6) is 1.05. The Balaban J connectivity index is 1.64. The highest BCUT2D eigenvalue weighted by Crippen LogP contribution is 2.16. The maximum absolute atomic E-state index is 4.73. The summed E-state index contributed by atoms with van der Waals surface area (Å²) in [4.78, 5) is 9.49. The summed E-state index contributed by atoms with van der Waals surface area (Å²) in [5, 5.41) is 4.59. The second-order valence-electron chi connectivity index (χ2n) is 5.38. The molecule has 4 nitrogen and oxygen atoms in total. The SMILES string of the molecule is CN(CCN1CCNCC1)c1ccc2ccccc2n1. The van der Waals surface area contributed by atoms with Gasteiger partial charge in [-0.15, -0.1) is 0 Å². The van der Waals surface area contributed by atoms with Crippen molar-refractivity contribution < 1.29 is 0 Å². The molecule has 0 spiro atoms. The summed E-state index contributed by atoms with van der Waals surface area (Å²) in [7, 11) is 2.12. The molecule has 0 bridgehead atoms. The number of nitrogens with zero attached hydrogens (tertiary/aromatic N) is 3. The van der Waals surface area contributed by atoms with Gasteiger partial charge in [0, 0.05) is 51.7 Å². The zero-order valence-corrected chi connectivity index (χ0v) is 12.0. The van der Waals surface area contributed by atoms with Crippen LogP contribution in [-0.2, 0) is 0 Å². The minimum Gasteiger partial charge on any atom is -0.358 e. The first-order chi connectivity index (χ1) is 9.83. The number of nitrogens with one attached hydrogen (secondary N) is 1. The molecule has 1 aliphatic rings. The second kappa shape index (κ2) is 6.20.